The normalized spacial score (nSPS) is 12.4. The van der Waals surface area contributed by atoms with Crippen molar-refractivity contribution in [2.45, 2.75) is 271 Å². The van der Waals surface area contributed by atoms with Crippen LogP contribution >= 0.6 is 0 Å². The molecule has 0 aromatic rings. The number of ether oxygens (including phenoxy) is 3. The van der Waals surface area contributed by atoms with Gasteiger partial charge in [0.2, 0.25) is 0 Å². The molecule has 0 saturated heterocycles. The quantitative estimate of drug-likeness (QED) is 0.0263. The molecule has 0 aliphatic heterocycles. The molecular formula is C55H98O6. The standard InChI is InChI=1S/C55H98O6/c1-4-7-10-13-16-19-22-25-26-27-28-31-33-36-39-42-45-48-54(57)60-51-52(61-55(58)49-46-43-40-37-34-30-24-21-18-15-12-9-6-3)50-59-53(56)47-44-41-38-35-32-29-23-20-17-14-11-8-5-2/h16,19,25-26,30,34,40,43,52H,4-15,17-18,20-24,27-29,31-33,35-39,41-42,44-51H2,1-3H3/b19-16-,26-25-,34-30-,43-40-. The van der Waals surface area contributed by atoms with Gasteiger partial charge in [0.1, 0.15) is 13.2 Å². The largest absolute Gasteiger partial charge is 0.462 e. The molecule has 1 atom stereocenters. The van der Waals surface area contributed by atoms with Gasteiger partial charge in [-0.15, -0.1) is 0 Å². The minimum Gasteiger partial charge on any atom is -0.462 e. The second-order valence-corrected chi connectivity index (χ2v) is 17.4. The Bertz CT molecular complexity index is 1070. The lowest BCUT2D eigenvalue weighted by Crippen LogP contribution is -2.30. The van der Waals surface area contributed by atoms with Gasteiger partial charge in [0.15, 0.2) is 6.10 Å². The number of hydrogen-bond donors (Lipinski definition) is 0. The second kappa shape index (κ2) is 50.0. The molecule has 0 aromatic heterocycles. The number of carbonyl (C=O) groups is 3. The van der Waals surface area contributed by atoms with Crippen molar-refractivity contribution in [3.8, 4) is 0 Å². The SMILES string of the molecule is CCCCC/C=C\C/C=C\CCCCCCCCCC(=O)OCC(COC(=O)CCCCCCCCCCCCCCC)OC(=O)CC/C=C\C/C=C\CCCCCCCC. The van der Waals surface area contributed by atoms with Crippen LogP contribution in [0.15, 0.2) is 48.6 Å². The van der Waals surface area contributed by atoms with E-state index in [0.717, 1.165) is 64.2 Å². The molecule has 1 unspecified atom stereocenters. The molecule has 0 aliphatic rings. The fourth-order valence-electron chi connectivity index (χ4n) is 7.35. The van der Waals surface area contributed by atoms with Crippen LogP contribution in [0.4, 0.5) is 0 Å². The Hall–Kier alpha value is -2.63. The van der Waals surface area contributed by atoms with Crippen LogP contribution in [0.25, 0.3) is 0 Å². The molecule has 0 amide bonds. The van der Waals surface area contributed by atoms with E-state index in [0.29, 0.717) is 19.3 Å². The highest BCUT2D eigenvalue weighted by molar-refractivity contribution is 5.71. The molecule has 0 bridgehead atoms. The molecular weight excluding hydrogens is 757 g/mol. The molecule has 0 rings (SSSR count). The van der Waals surface area contributed by atoms with Crippen LogP contribution in [0.2, 0.25) is 0 Å². The maximum Gasteiger partial charge on any atom is 0.306 e. The van der Waals surface area contributed by atoms with Crippen LogP contribution < -0.4 is 0 Å². The first-order valence-electron chi connectivity index (χ1n) is 26.1. The Labute approximate surface area is 378 Å². The first-order valence-corrected chi connectivity index (χ1v) is 26.1. The van der Waals surface area contributed by atoms with Gasteiger partial charge in [0.25, 0.3) is 0 Å². The second-order valence-electron chi connectivity index (χ2n) is 17.4. The van der Waals surface area contributed by atoms with E-state index in [2.05, 4.69) is 63.3 Å². The highest BCUT2D eigenvalue weighted by Gasteiger charge is 2.19. The van der Waals surface area contributed by atoms with E-state index < -0.39 is 6.10 Å². The molecule has 61 heavy (non-hydrogen) atoms. The predicted octanol–water partition coefficient (Wildman–Crippen LogP) is 17.1. The number of rotatable bonds is 47. The first kappa shape index (κ1) is 58.4. The van der Waals surface area contributed by atoms with Crippen molar-refractivity contribution < 1.29 is 28.6 Å². The Balaban J connectivity index is 4.41. The van der Waals surface area contributed by atoms with Gasteiger partial charge in [-0.3, -0.25) is 14.4 Å². The average molecular weight is 855 g/mol. The van der Waals surface area contributed by atoms with Crippen molar-refractivity contribution in [3.05, 3.63) is 48.6 Å². The average Bonchev–Trinajstić information content (AvgIpc) is 3.26. The van der Waals surface area contributed by atoms with E-state index in [-0.39, 0.29) is 37.5 Å². The Morgan fingerprint density at radius 3 is 1.00 bits per heavy atom. The molecule has 0 spiro atoms. The maximum absolute atomic E-state index is 12.7. The molecule has 0 aliphatic carbocycles. The van der Waals surface area contributed by atoms with Crippen molar-refractivity contribution in [1.29, 1.82) is 0 Å². The summed E-state index contributed by atoms with van der Waals surface area (Å²) >= 11 is 0. The van der Waals surface area contributed by atoms with E-state index in [1.54, 1.807) is 0 Å². The van der Waals surface area contributed by atoms with Gasteiger partial charge in [-0.05, 0) is 70.6 Å². The van der Waals surface area contributed by atoms with E-state index in [4.69, 9.17) is 14.2 Å². The third-order valence-corrected chi connectivity index (χ3v) is 11.3. The highest BCUT2D eigenvalue weighted by Crippen LogP contribution is 2.15. The van der Waals surface area contributed by atoms with Crippen molar-refractivity contribution in [2.24, 2.45) is 0 Å². The van der Waals surface area contributed by atoms with E-state index in [9.17, 15) is 14.4 Å². The lowest BCUT2D eigenvalue weighted by atomic mass is 10.0. The van der Waals surface area contributed by atoms with Gasteiger partial charge < -0.3 is 14.2 Å². The van der Waals surface area contributed by atoms with E-state index >= 15 is 0 Å². The topological polar surface area (TPSA) is 78.9 Å². The van der Waals surface area contributed by atoms with Gasteiger partial charge in [0.05, 0.1) is 0 Å². The molecule has 0 heterocycles. The lowest BCUT2D eigenvalue weighted by molar-refractivity contribution is -0.166. The summed E-state index contributed by atoms with van der Waals surface area (Å²) in [6.07, 6.45) is 59.6. The zero-order chi connectivity index (χ0) is 44.4. The summed E-state index contributed by atoms with van der Waals surface area (Å²) in [4.78, 5) is 37.9. The van der Waals surface area contributed by atoms with Gasteiger partial charge in [0, 0.05) is 19.3 Å². The fraction of sp³-hybridized carbons (Fsp3) is 0.800. The number of carbonyl (C=O) groups excluding carboxylic acids is 3. The van der Waals surface area contributed by atoms with Gasteiger partial charge in [-0.1, -0.05) is 223 Å². The van der Waals surface area contributed by atoms with Crippen molar-refractivity contribution in [2.75, 3.05) is 13.2 Å². The minimum atomic E-state index is -0.803. The number of allylic oxidation sites excluding steroid dienone is 8. The minimum absolute atomic E-state index is 0.0957. The van der Waals surface area contributed by atoms with Crippen molar-refractivity contribution in [3.63, 3.8) is 0 Å². The predicted molar refractivity (Wildman–Crippen MR) is 261 cm³/mol. The molecule has 0 fully saturated rings. The third-order valence-electron chi connectivity index (χ3n) is 11.3. The zero-order valence-corrected chi connectivity index (χ0v) is 40.4. The molecule has 6 nitrogen and oxygen atoms in total. The van der Waals surface area contributed by atoms with Gasteiger partial charge in [-0.2, -0.15) is 0 Å². The summed E-state index contributed by atoms with van der Waals surface area (Å²) in [6.45, 7) is 6.56. The van der Waals surface area contributed by atoms with Crippen LogP contribution in [-0.2, 0) is 28.6 Å². The fourth-order valence-corrected chi connectivity index (χ4v) is 7.35. The van der Waals surface area contributed by atoms with Crippen LogP contribution in [-0.4, -0.2) is 37.2 Å². The highest BCUT2D eigenvalue weighted by atomic mass is 16.6. The van der Waals surface area contributed by atoms with Crippen LogP contribution in [0, 0.1) is 0 Å². The van der Waals surface area contributed by atoms with Crippen molar-refractivity contribution >= 4 is 17.9 Å². The lowest BCUT2D eigenvalue weighted by Gasteiger charge is -2.18. The molecule has 0 aromatic carbocycles. The van der Waals surface area contributed by atoms with Crippen LogP contribution in [0.3, 0.4) is 0 Å². The number of esters is 3. The summed E-state index contributed by atoms with van der Waals surface area (Å²) in [5.74, 6) is -0.965. The third kappa shape index (κ3) is 48.3. The summed E-state index contributed by atoms with van der Waals surface area (Å²) < 4.78 is 16.7. The molecule has 6 heteroatoms. The van der Waals surface area contributed by atoms with Gasteiger partial charge in [-0.25, -0.2) is 0 Å². The van der Waals surface area contributed by atoms with Crippen molar-refractivity contribution in [1.82, 2.24) is 0 Å². The smallest absolute Gasteiger partial charge is 0.306 e. The zero-order valence-electron chi connectivity index (χ0n) is 40.4. The van der Waals surface area contributed by atoms with E-state index in [1.165, 1.54) is 154 Å². The number of unbranched alkanes of at least 4 members (excludes halogenated alkanes) is 28. The number of hydrogen-bond acceptors (Lipinski definition) is 6. The summed E-state index contributed by atoms with van der Waals surface area (Å²) in [6, 6.07) is 0. The van der Waals surface area contributed by atoms with Gasteiger partial charge >= 0.3 is 17.9 Å². The Kier molecular flexibility index (Phi) is 47.9. The van der Waals surface area contributed by atoms with Crippen LogP contribution in [0.1, 0.15) is 265 Å². The maximum atomic E-state index is 12.7. The molecule has 354 valence electrons. The molecule has 0 radical (unpaired) electrons. The summed E-state index contributed by atoms with van der Waals surface area (Å²) in [7, 11) is 0. The molecule has 0 N–H and O–H groups in total. The Morgan fingerprint density at radius 2 is 0.623 bits per heavy atom. The summed E-state index contributed by atoms with van der Waals surface area (Å²) in [5.41, 5.74) is 0. The summed E-state index contributed by atoms with van der Waals surface area (Å²) in [5, 5.41) is 0. The first-order chi connectivity index (χ1) is 30.0. The monoisotopic (exact) mass is 855 g/mol. The molecule has 0 saturated carbocycles. The van der Waals surface area contributed by atoms with E-state index in [1.807, 2.05) is 6.08 Å². The Morgan fingerprint density at radius 1 is 0.328 bits per heavy atom. The van der Waals surface area contributed by atoms with Crippen LogP contribution in [0.5, 0.6) is 0 Å².